The van der Waals surface area contributed by atoms with E-state index < -0.39 is 0 Å². The largest absolute Gasteiger partial charge is 0.508 e. The van der Waals surface area contributed by atoms with Gasteiger partial charge in [0.05, 0.1) is 26.4 Å². The molecule has 2 rings (SSSR count). The lowest BCUT2D eigenvalue weighted by atomic mass is 10.0. The molecule has 0 aliphatic rings. The summed E-state index contributed by atoms with van der Waals surface area (Å²) in [7, 11) is 0. The number of unbranched alkanes of at least 4 members (excludes halogenated alkanes) is 52. The third-order valence-electron chi connectivity index (χ3n) is 18.1. The van der Waals surface area contributed by atoms with Gasteiger partial charge in [-0.3, -0.25) is 4.79 Å². The highest BCUT2D eigenvalue weighted by Crippen LogP contribution is 2.32. The summed E-state index contributed by atoms with van der Waals surface area (Å²) in [5.74, 6) is 2.62. The fraction of sp³-hybridized carbons (Fsp3) is 0.771. The average molecular weight is 1240 g/mol. The van der Waals surface area contributed by atoms with Gasteiger partial charge in [0.2, 0.25) is 0 Å². The Kier molecular flexibility index (Phi) is 58.9. The van der Waals surface area contributed by atoms with E-state index in [2.05, 4.69) is 27.7 Å². The second-order valence-corrected chi connectivity index (χ2v) is 26.8. The Hall–Kier alpha value is -3.67. The van der Waals surface area contributed by atoms with Crippen molar-refractivity contribution < 1.29 is 28.8 Å². The van der Waals surface area contributed by atoms with Crippen molar-refractivity contribution in [3.05, 3.63) is 71.5 Å². The quantitative estimate of drug-likeness (QED) is 0.0308. The van der Waals surface area contributed by atoms with Crippen LogP contribution in [-0.4, -0.2) is 37.3 Å². The number of hydrogen-bond acceptors (Lipinski definition) is 6. The molecule has 0 heterocycles. The number of aliphatic hydroxyl groups is 1. The van der Waals surface area contributed by atoms with Crippen molar-refractivity contribution in [1.82, 2.24) is 0 Å². The number of carbonyl (C=O) groups excluding carboxylic acids is 1. The Morgan fingerprint density at radius 1 is 0.281 bits per heavy atom. The van der Waals surface area contributed by atoms with Crippen LogP contribution in [0.4, 0.5) is 0 Å². The zero-order valence-electron chi connectivity index (χ0n) is 59.3. The van der Waals surface area contributed by atoms with Crippen molar-refractivity contribution in [3.63, 3.8) is 0 Å². The van der Waals surface area contributed by atoms with Crippen molar-refractivity contribution in [2.75, 3.05) is 26.4 Å². The van der Waals surface area contributed by atoms with Crippen LogP contribution in [0.1, 0.15) is 398 Å². The van der Waals surface area contributed by atoms with Crippen molar-refractivity contribution in [2.45, 2.75) is 387 Å². The van der Waals surface area contributed by atoms with Gasteiger partial charge in [-0.15, -0.1) is 0 Å². The second kappa shape index (κ2) is 64.4. The lowest BCUT2D eigenvalue weighted by Gasteiger charge is -2.14. The molecule has 0 aliphatic heterocycles. The summed E-state index contributed by atoms with van der Waals surface area (Å²) < 4.78 is 25.6. The maximum atomic E-state index is 13.2. The van der Waals surface area contributed by atoms with Gasteiger partial charge in [-0.2, -0.15) is 0 Å². The zero-order chi connectivity index (χ0) is 63.7. The van der Waals surface area contributed by atoms with Crippen molar-refractivity contribution in [1.29, 1.82) is 0 Å². The van der Waals surface area contributed by atoms with E-state index in [0.717, 1.165) is 59.8 Å². The summed E-state index contributed by atoms with van der Waals surface area (Å²) in [5.41, 5.74) is 1.73. The fourth-order valence-electron chi connectivity index (χ4n) is 12.2. The van der Waals surface area contributed by atoms with Crippen LogP contribution in [0, 0.1) is 0 Å². The Bertz CT molecular complexity index is 1930. The van der Waals surface area contributed by atoms with E-state index >= 15 is 0 Å². The zero-order valence-corrected chi connectivity index (χ0v) is 59.3. The molecule has 0 radical (unpaired) electrons. The molecule has 0 saturated carbocycles. The molecule has 0 amide bonds. The molecule has 0 fully saturated rings. The highest BCUT2D eigenvalue weighted by Gasteiger charge is 2.10. The van der Waals surface area contributed by atoms with Crippen LogP contribution in [0.3, 0.4) is 0 Å². The molecule has 0 unspecified atom stereocenters. The van der Waals surface area contributed by atoms with Crippen LogP contribution in [0.5, 0.6) is 23.0 Å². The first-order chi connectivity index (χ1) is 44.0. The van der Waals surface area contributed by atoms with Gasteiger partial charge in [-0.25, -0.2) is 0 Å². The Balaban J connectivity index is 1.96. The lowest BCUT2D eigenvalue weighted by Crippen LogP contribution is -2.03. The maximum absolute atomic E-state index is 13.2. The molecule has 512 valence electrons. The molecule has 6 nitrogen and oxygen atoms in total. The summed E-state index contributed by atoms with van der Waals surface area (Å²) in [5, 5.41) is 11.0. The minimum atomic E-state index is -0.292. The van der Waals surface area contributed by atoms with E-state index in [0.29, 0.717) is 26.4 Å². The number of rotatable bonds is 69. The Morgan fingerprint density at radius 2 is 0.483 bits per heavy atom. The predicted molar refractivity (Wildman–Crippen MR) is 390 cm³/mol. The van der Waals surface area contributed by atoms with Gasteiger partial charge in [0.15, 0.2) is 28.8 Å². The third kappa shape index (κ3) is 52.5. The number of allylic oxidation sites excluding steroid dienone is 3. The standard InChI is InChI=1S/C83H144O6/c1-5-9-13-17-21-25-29-33-37-41-45-49-53-57-69-86-80-67-63-76(73-82(80)88-71-59-55-51-47-43-39-35-31-27-23-19-15-11-7-3)61-65-78(84)75-79(85)66-62-77-64-68-81(87-70-58-54-50-46-42-38-34-30-26-22-18-14-10-6-2)83(74-77)89-72-60-56-52-48-44-40-36-32-28-24-20-16-12-8-4/h61-68,73-75,84H,5-60,69-72H2,1-4H3/b65-61+,66-62+,78-75-. The Labute approximate surface area is 552 Å². The molecule has 1 N–H and O–H groups in total. The molecule has 0 spiro atoms. The average Bonchev–Trinajstić information content (AvgIpc) is 3.59. The molecule has 2 aromatic rings. The minimum absolute atomic E-state index is 0.105. The number of carbonyl (C=O) groups is 1. The molecule has 6 heteroatoms. The summed E-state index contributed by atoms with van der Waals surface area (Å²) in [6.45, 7) is 11.8. The topological polar surface area (TPSA) is 74.2 Å². The summed E-state index contributed by atoms with van der Waals surface area (Å²) in [6.07, 6.45) is 82.4. The monoisotopic (exact) mass is 1240 g/mol. The highest BCUT2D eigenvalue weighted by molar-refractivity contribution is 6.02. The van der Waals surface area contributed by atoms with Crippen LogP contribution >= 0.6 is 0 Å². The van der Waals surface area contributed by atoms with E-state index in [4.69, 9.17) is 18.9 Å². The van der Waals surface area contributed by atoms with E-state index in [9.17, 15) is 9.90 Å². The highest BCUT2D eigenvalue weighted by atomic mass is 16.5. The number of ketones is 1. The van der Waals surface area contributed by atoms with Gasteiger partial charge in [0.1, 0.15) is 5.76 Å². The molecular weight excluding hydrogens is 1090 g/mol. The van der Waals surface area contributed by atoms with E-state index in [1.807, 2.05) is 42.5 Å². The number of ether oxygens (including phenoxy) is 4. The normalized spacial score (nSPS) is 11.9. The minimum Gasteiger partial charge on any atom is -0.508 e. The molecule has 0 aliphatic carbocycles. The summed E-state index contributed by atoms with van der Waals surface area (Å²) >= 11 is 0. The first-order valence-electron chi connectivity index (χ1n) is 39.1. The van der Waals surface area contributed by atoms with Crippen LogP contribution in [-0.2, 0) is 4.79 Å². The van der Waals surface area contributed by atoms with Crippen LogP contribution in [0.15, 0.2) is 60.4 Å². The first kappa shape index (κ1) is 81.4. The second-order valence-electron chi connectivity index (χ2n) is 26.8. The molecule has 0 bridgehead atoms. The van der Waals surface area contributed by atoms with Crippen molar-refractivity contribution in [2.24, 2.45) is 0 Å². The molecular formula is C83H144O6. The number of hydrogen-bond donors (Lipinski definition) is 1. The maximum Gasteiger partial charge on any atom is 0.182 e. The molecule has 0 saturated heterocycles. The number of benzene rings is 2. The van der Waals surface area contributed by atoms with Gasteiger partial charge in [0.25, 0.3) is 0 Å². The van der Waals surface area contributed by atoms with Gasteiger partial charge >= 0.3 is 0 Å². The molecule has 2 aromatic carbocycles. The molecule has 89 heavy (non-hydrogen) atoms. The molecule has 0 aromatic heterocycles. The van der Waals surface area contributed by atoms with Gasteiger partial charge < -0.3 is 24.1 Å². The third-order valence-corrected chi connectivity index (χ3v) is 18.1. The fourth-order valence-corrected chi connectivity index (χ4v) is 12.2. The van der Waals surface area contributed by atoms with E-state index in [-0.39, 0.29) is 11.5 Å². The van der Waals surface area contributed by atoms with Gasteiger partial charge in [0, 0.05) is 6.08 Å². The van der Waals surface area contributed by atoms with Crippen molar-refractivity contribution in [3.8, 4) is 23.0 Å². The first-order valence-corrected chi connectivity index (χ1v) is 39.1. The van der Waals surface area contributed by atoms with Gasteiger partial charge in [-0.1, -0.05) is 386 Å². The number of aliphatic hydroxyl groups excluding tert-OH is 1. The molecule has 0 atom stereocenters. The summed E-state index contributed by atoms with van der Waals surface area (Å²) in [4.78, 5) is 13.2. The Morgan fingerprint density at radius 3 is 0.719 bits per heavy atom. The summed E-state index contributed by atoms with van der Waals surface area (Å²) in [6, 6.07) is 12.0. The van der Waals surface area contributed by atoms with Crippen LogP contribution in [0.2, 0.25) is 0 Å². The SMILES string of the molecule is CCCCCCCCCCCCCCCCOc1ccc(/C=C/C(=O)/C=C(O)/C=C/c2ccc(OCCCCCCCCCCCCCCCC)c(OCCCCCCCCCCCCCCCC)c2)cc1OCCCCCCCCCCCCCCCC. The van der Waals surface area contributed by atoms with Gasteiger partial charge in [-0.05, 0) is 73.2 Å². The lowest BCUT2D eigenvalue weighted by molar-refractivity contribution is -0.110. The van der Waals surface area contributed by atoms with Crippen molar-refractivity contribution >= 4 is 17.9 Å². The smallest absolute Gasteiger partial charge is 0.182 e. The predicted octanol–water partition coefficient (Wildman–Crippen LogP) is 27.9. The van der Waals surface area contributed by atoms with Crippen LogP contribution in [0.25, 0.3) is 12.2 Å². The van der Waals surface area contributed by atoms with E-state index in [1.54, 1.807) is 12.2 Å². The van der Waals surface area contributed by atoms with Crippen LogP contribution < -0.4 is 18.9 Å². The van der Waals surface area contributed by atoms with E-state index in [1.165, 1.54) is 346 Å².